The number of nitro benzene ring substituents is 1. The molecule has 1 aromatic carbocycles. The van der Waals surface area contributed by atoms with E-state index in [2.05, 4.69) is 15.4 Å². The molecule has 2 heterocycles. The van der Waals surface area contributed by atoms with Crippen molar-refractivity contribution in [3.8, 4) is 10.6 Å². The van der Waals surface area contributed by atoms with Crippen molar-refractivity contribution in [2.75, 3.05) is 6.54 Å². The predicted molar refractivity (Wildman–Crippen MR) is 110 cm³/mol. The van der Waals surface area contributed by atoms with Crippen LogP contribution >= 0.6 is 22.9 Å². The minimum absolute atomic E-state index is 0.0551. The molecule has 0 atom stereocenters. The smallest absolute Gasteiger partial charge is 0.282 e. The van der Waals surface area contributed by atoms with E-state index in [1.165, 1.54) is 40.3 Å². The summed E-state index contributed by atoms with van der Waals surface area (Å²) in [7, 11) is 0. The highest BCUT2D eigenvalue weighted by atomic mass is 35.5. The van der Waals surface area contributed by atoms with Crippen molar-refractivity contribution in [2.45, 2.75) is 20.4 Å². The fourth-order valence-electron chi connectivity index (χ4n) is 2.72. The van der Waals surface area contributed by atoms with Gasteiger partial charge in [0.2, 0.25) is 0 Å². The van der Waals surface area contributed by atoms with Gasteiger partial charge in [-0.3, -0.25) is 19.7 Å². The number of thiazole rings is 1. The Morgan fingerprint density at radius 1 is 1.31 bits per heavy atom. The molecule has 0 radical (unpaired) electrons. The van der Waals surface area contributed by atoms with Crippen LogP contribution in [0.25, 0.3) is 10.6 Å². The van der Waals surface area contributed by atoms with Crippen LogP contribution in [0.3, 0.4) is 0 Å². The van der Waals surface area contributed by atoms with Crippen LogP contribution in [0.1, 0.15) is 21.1 Å². The van der Waals surface area contributed by atoms with Gasteiger partial charge in [-0.1, -0.05) is 11.6 Å². The van der Waals surface area contributed by atoms with E-state index in [-0.39, 0.29) is 34.9 Å². The highest BCUT2D eigenvalue weighted by molar-refractivity contribution is 7.15. The number of nitrogens with one attached hydrogen (secondary N) is 1. The highest BCUT2D eigenvalue weighted by Gasteiger charge is 2.20. The molecule has 0 spiro atoms. The third-order valence-corrected chi connectivity index (χ3v) is 5.34. The molecule has 11 heteroatoms. The van der Waals surface area contributed by atoms with E-state index in [4.69, 9.17) is 11.6 Å². The zero-order valence-corrected chi connectivity index (χ0v) is 17.1. The summed E-state index contributed by atoms with van der Waals surface area (Å²) in [4.78, 5) is 40.1. The first-order chi connectivity index (χ1) is 13.8. The van der Waals surface area contributed by atoms with Crippen LogP contribution in [0.5, 0.6) is 0 Å². The summed E-state index contributed by atoms with van der Waals surface area (Å²) < 4.78 is 1.23. The third kappa shape index (κ3) is 4.66. The quantitative estimate of drug-likeness (QED) is 0.471. The van der Waals surface area contributed by atoms with Crippen molar-refractivity contribution < 1.29 is 9.72 Å². The minimum atomic E-state index is -0.655. The number of hydrogen-bond acceptors (Lipinski definition) is 7. The second kappa shape index (κ2) is 8.50. The van der Waals surface area contributed by atoms with Crippen LogP contribution in [0.15, 0.2) is 35.1 Å². The molecule has 0 fully saturated rings. The number of aryl methyl sites for hydroxylation is 2. The largest absolute Gasteiger partial charge is 0.350 e. The number of nitro groups is 1. The lowest BCUT2D eigenvalue weighted by atomic mass is 10.1. The summed E-state index contributed by atoms with van der Waals surface area (Å²) in [5.41, 5.74) is 0.624. The first kappa shape index (κ1) is 20.6. The molecule has 0 unspecified atom stereocenters. The normalized spacial score (nSPS) is 10.7. The second-order valence-electron chi connectivity index (χ2n) is 6.10. The van der Waals surface area contributed by atoms with Crippen molar-refractivity contribution in [1.29, 1.82) is 0 Å². The molecule has 1 N–H and O–H groups in total. The lowest BCUT2D eigenvalue weighted by Gasteiger charge is -2.09. The Hall–Kier alpha value is -3.11. The van der Waals surface area contributed by atoms with Gasteiger partial charge in [-0.25, -0.2) is 9.67 Å². The maximum atomic E-state index is 12.3. The number of aromatic nitrogens is 3. The van der Waals surface area contributed by atoms with Gasteiger partial charge in [-0.15, -0.1) is 11.3 Å². The summed E-state index contributed by atoms with van der Waals surface area (Å²) in [5, 5.41) is 19.1. The average molecular weight is 434 g/mol. The Bertz CT molecular complexity index is 1160. The standard InChI is InChI=1S/C18H16ClN5O4S/c1-10-17(29-11(2)21-10)14-4-6-16(25)23(22-14)8-7-20-18(26)13-9-12(19)3-5-15(13)24(27)28/h3-6,9H,7-8H2,1-2H3,(H,20,26). The number of carbonyl (C=O) groups excluding carboxylic acids is 1. The number of carbonyl (C=O) groups is 1. The van der Waals surface area contributed by atoms with Gasteiger partial charge >= 0.3 is 0 Å². The topological polar surface area (TPSA) is 120 Å². The van der Waals surface area contributed by atoms with E-state index < -0.39 is 10.8 Å². The average Bonchev–Trinajstić information content (AvgIpc) is 3.01. The maximum Gasteiger partial charge on any atom is 0.282 e. The van der Waals surface area contributed by atoms with Gasteiger partial charge in [0.1, 0.15) is 11.3 Å². The van der Waals surface area contributed by atoms with Crippen LogP contribution in [0.2, 0.25) is 5.02 Å². The van der Waals surface area contributed by atoms with E-state index in [1.54, 1.807) is 6.07 Å². The second-order valence-corrected chi connectivity index (χ2v) is 7.74. The van der Waals surface area contributed by atoms with Crippen LogP contribution in [0.4, 0.5) is 5.69 Å². The van der Waals surface area contributed by atoms with Crippen molar-refractivity contribution in [3.05, 3.63) is 72.1 Å². The Kier molecular flexibility index (Phi) is 6.04. The minimum Gasteiger partial charge on any atom is -0.350 e. The monoisotopic (exact) mass is 433 g/mol. The van der Waals surface area contributed by atoms with Crippen molar-refractivity contribution in [2.24, 2.45) is 0 Å². The highest BCUT2D eigenvalue weighted by Crippen LogP contribution is 2.27. The van der Waals surface area contributed by atoms with Crippen molar-refractivity contribution in [1.82, 2.24) is 20.1 Å². The maximum absolute atomic E-state index is 12.3. The first-order valence-electron chi connectivity index (χ1n) is 8.51. The van der Waals surface area contributed by atoms with Gasteiger partial charge in [-0.2, -0.15) is 5.10 Å². The third-order valence-electron chi connectivity index (χ3n) is 4.01. The molecule has 29 heavy (non-hydrogen) atoms. The summed E-state index contributed by atoms with van der Waals surface area (Å²) in [5.74, 6) is -0.655. The molecule has 0 aliphatic rings. The first-order valence-corrected chi connectivity index (χ1v) is 9.70. The molecular formula is C18H16ClN5O4S. The fraction of sp³-hybridized carbons (Fsp3) is 0.222. The van der Waals surface area contributed by atoms with Crippen LogP contribution in [0, 0.1) is 24.0 Å². The lowest BCUT2D eigenvalue weighted by molar-refractivity contribution is -0.385. The Morgan fingerprint density at radius 3 is 2.72 bits per heavy atom. The molecule has 1 amide bonds. The molecule has 3 rings (SSSR count). The van der Waals surface area contributed by atoms with Crippen molar-refractivity contribution >= 4 is 34.5 Å². The Balaban J connectivity index is 1.74. The zero-order chi connectivity index (χ0) is 21.1. The summed E-state index contributed by atoms with van der Waals surface area (Å²) >= 11 is 7.32. The molecule has 0 saturated heterocycles. The van der Waals surface area contributed by atoms with Gasteiger partial charge in [0.25, 0.3) is 17.2 Å². The number of hydrogen-bond donors (Lipinski definition) is 1. The molecule has 0 saturated carbocycles. The molecule has 2 aromatic heterocycles. The Labute approximate surface area is 174 Å². The number of rotatable bonds is 6. The van der Waals surface area contributed by atoms with Crippen molar-refractivity contribution in [3.63, 3.8) is 0 Å². The van der Waals surface area contributed by atoms with Gasteiger partial charge < -0.3 is 5.32 Å². The van der Waals surface area contributed by atoms with Gasteiger partial charge in [0.05, 0.1) is 27.0 Å². The molecule has 9 nitrogen and oxygen atoms in total. The van der Waals surface area contributed by atoms with Gasteiger partial charge in [0, 0.05) is 23.7 Å². The van der Waals surface area contributed by atoms with Crippen LogP contribution in [-0.2, 0) is 6.54 Å². The predicted octanol–water partition coefficient (Wildman–Crippen LogP) is 2.98. The molecule has 0 aliphatic carbocycles. The van der Waals surface area contributed by atoms with E-state index in [9.17, 15) is 19.7 Å². The summed E-state index contributed by atoms with van der Waals surface area (Å²) in [6.45, 7) is 3.92. The van der Waals surface area contributed by atoms with Gasteiger partial charge in [0.15, 0.2) is 0 Å². The molecule has 3 aromatic rings. The molecule has 0 aliphatic heterocycles. The zero-order valence-electron chi connectivity index (χ0n) is 15.5. The van der Waals surface area contributed by atoms with Crippen LogP contribution in [-0.4, -0.2) is 32.1 Å². The number of benzene rings is 1. The summed E-state index contributed by atoms with van der Waals surface area (Å²) in [6.07, 6.45) is 0. The Morgan fingerprint density at radius 2 is 2.07 bits per heavy atom. The summed E-state index contributed by atoms with van der Waals surface area (Å²) in [6, 6.07) is 6.78. The van der Waals surface area contributed by atoms with E-state index >= 15 is 0 Å². The molecular weight excluding hydrogens is 418 g/mol. The van der Waals surface area contributed by atoms with E-state index in [0.29, 0.717) is 5.69 Å². The molecule has 0 bridgehead atoms. The number of nitrogens with zero attached hydrogens (tertiary/aromatic N) is 4. The fourth-order valence-corrected chi connectivity index (χ4v) is 3.78. The number of halogens is 1. The van der Waals surface area contributed by atoms with Crippen LogP contribution < -0.4 is 10.9 Å². The van der Waals surface area contributed by atoms with Gasteiger partial charge in [-0.05, 0) is 32.0 Å². The number of amides is 1. The van der Waals surface area contributed by atoms with E-state index in [0.717, 1.165) is 15.6 Å². The SMILES string of the molecule is Cc1nc(C)c(-c2ccc(=O)n(CCNC(=O)c3cc(Cl)ccc3[N+](=O)[O-])n2)s1. The molecule has 150 valence electrons. The van der Waals surface area contributed by atoms with E-state index in [1.807, 2.05) is 13.8 Å². The lowest BCUT2D eigenvalue weighted by Crippen LogP contribution is -2.32.